The molecule has 1 saturated carbocycles. The van der Waals surface area contributed by atoms with Crippen LogP contribution in [0.15, 0.2) is 11.4 Å². The Morgan fingerprint density at radius 3 is 3.12 bits per heavy atom. The molecular weight excluding hydrogens is 234 g/mol. The average Bonchev–Trinajstić information content (AvgIpc) is 3.04. The van der Waals surface area contributed by atoms with E-state index in [-0.39, 0.29) is 0 Å². The molecule has 1 fully saturated rings. The third-order valence-electron chi connectivity index (χ3n) is 2.98. The van der Waals surface area contributed by atoms with Crippen LogP contribution in [-0.2, 0) is 0 Å². The molecule has 3 rings (SSSR count). The summed E-state index contributed by atoms with van der Waals surface area (Å²) >= 11 is 1.61. The number of nitrogens with one attached hydrogen (secondary N) is 1. The minimum atomic E-state index is 0.626. The van der Waals surface area contributed by atoms with Gasteiger partial charge in [0.25, 0.3) is 0 Å². The van der Waals surface area contributed by atoms with E-state index in [1.807, 2.05) is 18.5 Å². The van der Waals surface area contributed by atoms with Gasteiger partial charge in [-0.3, -0.25) is 0 Å². The van der Waals surface area contributed by atoms with Gasteiger partial charge in [0.2, 0.25) is 11.8 Å². The number of anilines is 1. The normalized spacial score (nSPS) is 15.1. The Morgan fingerprint density at radius 1 is 1.47 bits per heavy atom. The van der Waals surface area contributed by atoms with Crippen LogP contribution in [0.1, 0.15) is 19.3 Å². The van der Waals surface area contributed by atoms with Crippen molar-refractivity contribution in [3.05, 3.63) is 11.4 Å². The van der Waals surface area contributed by atoms with Crippen LogP contribution in [-0.4, -0.2) is 23.6 Å². The summed E-state index contributed by atoms with van der Waals surface area (Å²) in [4.78, 5) is 9.73. The number of hydrogen-bond acceptors (Lipinski definition) is 5. The first-order valence-electron chi connectivity index (χ1n) is 5.92. The van der Waals surface area contributed by atoms with E-state index in [0.29, 0.717) is 11.8 Å². The zero-order chi connectivity index (χ0) is 11.7. The van der Waals surface area contributed by atoms with Crippen molar-refractivity contribution in [1.29, 1.82) is 0 Å². The SMILES string of the molecule is CNc1nc(OCCC2CC2)c2ccsc2n1. The molecule has 0 saturated heterocycles. The summed E-state index contributed by atoms with van der Waals surface area (Å²) in [5.74, 6) is 2.22. The minimum absolute atomic E-state index is 0.626. The van der Waals surface area contributed by atoms with Gasteiger partial charge >= 0.3 is 0 Å². The van der Waals surface area contributed by atoms with Crippen molar-refractivity contribution >= 4 is 27.5 Å². The number of ether oxygens (including phenoxy) is 1. The molecule has 2 aromatic rings. The molecule has 4 nitrogen and oxygen atoms in total. The van der Waals surface area contributed by atoms with Gasteiger partial charge in [-0.2, -0.15) is 4.98 Å². The summed E-state index contributed by atoms with van der Waals surface area (Å²) in [6, 6.07) is 2.02. The summed E-state index contributed by atoms with van der Waals surface area (Å²) in [6.45, 7) is 0.760. The Kier molecular flexibility index (Phi) is 2.84. The van der Waals surface area contributed by atoms with E-state index < -0.39 is 0 Å². The highest BCUT2D eigenvalue weighted by Gasteiger charge is 2.21. The van der Waals surface area contributed by atoms with Gasteiger partial charge in [-0.25, -0.2) is 4.98 Å². The molecule has 17 heavy (non-hydrogen) atoms. The van der Waals surface area contributed by atoms with Crippen LogP contribution in [0.25, 0.3) is 10.2 Å². The van der Waals surface area contributed by atoms with Crippen LogP contribution in [0.5, 0.6) is 5.88 Å². The Bertz CT molecular complexity index is 521. The van der Waals surface area contributed by atoms with Crippen molar-refractivity contribution in [2.24, 2.45) is 5.92 Å². The van der Waals surface area contributed by atoms with Gasteiger partial charge in [0, 0.05) is 7.05 Å². The van der Waals surface area contributed by atoms with Crippen molar-refractivity contribution in [3.63, 3.8) is 0 Å². The van der Waals surface area contributed by atoms with E-state index in [1.165, 1.54) is 12.8 Å². The lowest BCUT2D eigenvalue weighted by Gasteiger charge is -2.07. The van der Waals surface area contributed by atoms with Crippen LogP contribution in [0, 0.1) is 5.92 Å². The molecule has 2 aromatic heterocycles. The lowest BCUT2D eigenvalue weighted by molar-refractivity contribution is 0.295. The zero-order valence-electron chi connectivity index (χ0n) is 9.77. The number of fused-ring (bicyclic) bond motifs is 1. The number of nitrogens with zero attached hydrogens (tertiary/aromatic N) is 2. The molecular formula is C12H15N3OS. The molecule has 0 radical (unpaired) electrons. The summed E-state index contributed by atoms with van der Waals surface area (Å²) in [5, 5.41) is 6.00. The van der Waals surface area contributed by atoms with E-state index in [0.717, 1.165) is 29.2 Å². The van der Waals surface area contributed by atoms with Gasteiger partial charge < -0.3 is 10.1 Å². The maximum absolute atomic E-state index is 5.79. The van der Waals surface area contributed by atoms with Crippen LogP contribution in [0.4, 0.5) is 5.95 Å². The third-order valence-corrected chi connectivity index (χ3v) is 3.78. The van der Waals surface area contributed by atoms with Crippen molar-refractivity contribution < 1.29 is 4.74 Å². The van der Waals surface area contributed by atoms with Gasteiger partial charge in [-0.05, 0) is 23.8 Å². The molecule has 0 spiro atoms. The second kappa shape index (κ2) is 4.49. The maximum atomic E-state index is 5.79. The first-order valence-corrected chi connectivity index (χ1v) is 6.80. The molecule has 90 valence electrons. The maximum Gasteiger partial charge on any atom is 0.227 e. The lowest BCUT2D eigenvalue weighted by Crippen LogP contribution is -2.03. The quantitative estimate of drug-likeness (QED) is 0.885. The third kappa shape index (κ3) is 2.34. The van der Waals surface area contributed by atoms with E-state index in [2.05, 4.69) is 15.3 Å². The fourth-order valence-electron chi connectivity index (χ4n) is 1.78. The minimum Gasteiger partial charge on any atom is -0.477 e. The predicted octanol–water partition coefficient (Wildman–Crippen LogP) is 2.91. The van der Waals surface area contributed by atoms with Crippen LogP contribution < -0.4 is 10.1 Å². The summed E-state index contributed by atoms with van der Waals surface area (Å²) < 4.78 is 5.79. The molecule has 1 aliphatic rings. The largest absolute Gasteiger partial charge is 0.477 e. The summed E-state index contributed by atoms with van der Waals surface area (Å²) in [5.41, 5.74) is 0. The highest BCUT2D eigenvalue weighted by molar-refractivity contribution is 7.16. The second-order valence-corrected chi connectivity index (χ2v) is 5.22. The monoisotopic (exact) mass is 249 g/mol. The van der Waals surface area contributed by atoms with E-state index >= 15 is 0 Å². The van der Waals surface area contributed by atoms with Crippen molar-refractivity contribution in [2.75, 3.05) is 19.0 Å². The van der Waals surface area contributed by atoms with Crippen LogP contribution >= 0.6 is 11.3 Å². The van der Waals surface area contributed by atoms with Gasteiger partial charge in [-0.1, -0.05) is 12.8 Å². The first-order chi connectivity index (χ1) is 8.36. The smallest absolute Gasteiger partial charge is 0.227 e. The number of aromatic nitrogens is 2. The highest BCUT2D eigenvalue weighted by atomic mass is 32.1. The molecule has 0 aromatic carbocycles. The molecule has 0 amide bonds. The fraction of sp³-hybridized carbons (Fsp3) is 0.500. The molecule has 0 aliphatic heterocycles. The second-order valence-electron chi connectivity index (χ2n) is 4.32. The van der Waals surface area contributed by atoms with Crippen LogP contribution in [0.3, 0.4) is 0 Å². The zero-order valence-corrected chi connectivity index (χ0v) is 10.6. The van der Waals surface area contributed by atoms with E-state index in [4.69, 9.17) is 4.74 Å². The number of rotatable bonds is 5. The molecule has 0 bridgehead atoms. The Morgan fingerprint density at radius 2 is 2.35 bits per heavy atom. The average molecular weight is 249 g/mol. The number of thiophene rings is 1. The molecule has 1 N–H and O–H groups in total. The Hall–Kier alpha value is -1.36. The standard InChI is InChI=1S/C12H15N3OS/c1-13-12-14-10(16-6-4-8-2-3-8)9-5-7-17-11(9)15-12/h5,7-8H,2-4,6H2,1H3,(H,13,14,15). The van der Waals surface area contributed by atoms with Crippen molar-refractivity contribution in [3.8, 4) is 5.88 Å². The summed E-state index contributed by atoms with van der Waals surface area (Å²) in [7, 11) is 1.82. The molecule has 0 unspecified atom stereocenters. The van der Waals surface area contributed by atoms with Gasteiger partial charge in [-0.15, -0.1) is 11.3 Å². The molecule has 5 heteroatoms. The Balaban J connectivity index is 1.81. The van der Waals surface area contributed by atoms with E-state index in [1.54, 1.807) is 11.3 Å². The fourth-order valence-corrected chi connectivity index (χ4v) is 2.53. The lowest BCUT2D eigenvalue weighted by atomic mass is 10.3. The van der Waals surface area contributed by atoms with Gasteiger partial charge in [0.1, 0.15) is 4.83 Å². The summed E-state index contributed by atoms with van der Waals surface area (Å²) in [6.07, 6.45) is 3.87. The first kappa shape index (κ1) is 10.8. The predicted molar refractivity (Wildman–Crippen MR) is 69.8 cm³/mol. The van der Waals surface area contributed by atoms with Crippen LogP contribution in [0.2, 0.25) is 0 Å². The molecule has 1 aliphatic carbocycles. The van der Waals surface area contributed by atoms with Crippen molar-refractivity contribution in [2.45, 2.75) is 19.3 Å². The topological polar surface area (TPSA) is 47.0 Å². The van der Waals surface area contributed by atoms with Gasteiger partial charge in [0.05, 0.1) is 12.0 Å². The van der Waals surface area contributed by atoms with Gasteiger partial charge in [0.15, 0.2) is 0 Å². The molecule has 2 heterocycles. The Labute approximate surface area is 104 Å². The highest BCUT2D eigenvalue weighted by Crippen LogP contribution is 2.33. The van der Waals surface area contributed by atoms with E-state index in [9.17, 15) is 0 Å². The molecule has 0 atom stereocenters. The van der Waals surface area contributed by atoms with Crippen molar-refractivity contribution in [1.82, 2.24) is 9.97 Å². The number of hydrogen-bond donors (Lipinski definition) is 1.